The Bertz CT molecular complexity index is 344. The van der Waals surface area contributed by atoms with Crippen molar-refractivity contribution in [2.75, 3.05) is 0 Å². The van der Waals surface area contributed by atoms with Crippen LogP contribution in [0.15, 0.2) is 10.5 Å². The summed E-state index contributed by atoms with van der Waals surface area (Å²) in [5, 5.41) is 10.2. The van der Waals surface area contributed by atoms with Gasteiger partial charge in [-0.3, -0.25) is 10.1 Å². The molecule has 1 aromatic heterocycles. The maximum Gasteiger partial charge on any atom is 0.307 e. The van der Waals surface area contributed by atoms with Crippen molar-refractivity contribution in [3.63, 3.8) is 0 Å². The number of rotatable bonds is 1. The van der Waals surface area contributed by atoms with E-state index in [4.69, 9.17) is 23.2 Å². The van der Waals surface area contributed by atoms with Gasteiger partial charge in [0.2, 0.25) is 5.15 Å². The predicted octanol–water partition coefficient (Wildman–Crippen LogP) is 3.06. The minimum Gasteiger partial charge on any atom is -0.258 e. The molecule has 0 aliphatic carbocycles. The molecule has 0 spiro atoms. The molecule has 0 N–H and O–H groups in total. The van der Waals surface area contributed by atoms with Crippen molar-refractivity contribution in [1.82, 2.24) is 4.98 Å². The van der Waals surface area contributed by atoms with Crippen LogP contribution in [0.25, 0.3) is 0 Å². The van der Waals surface area contributed by atoms with Gasteiger partial charge in [-0.05, 0) is 15.9 Å². The summed E-state index contributed by atoms with van der Waals surface area (Å²) in [5.41, 5.74) is -0.270. The Morgan fingerprint density at radius 1 is 1.50 bits per heavy atom. The second-order valence-electron chi connectivity index (χ2n) is 1.83. The molecule has 0 atom stereocenters. The molecule has 0 unspecified atom stereocenters. The van der Waals surface area contributed by atoms with E-state index in [1.807, 2.05) is 0 Å². The molecule has 0 aliphatic heterocycles. The number of aromatic nitrogens is 1. The van der Waals surface area contributed by atoms with Crippen LogP contribution in [-0.2, 0) is 0 Å². The minimum atomic E-state index is -0.629. The van der Waals surface area contributed by atoms with E-state index < -0.39 is 4.92 Å². The van der Waals surface area contributed by atoms with Gasteiger partial charge in [0, 0.05) is 6.07 Å². The van der Waals surface area contributed by atoms with E-state index in [2.05, 4.69) is 20.9 Å². The molecular formula is C5HBrCl2N2O2. The fourth-order valence-electron chi connectivity index (χ4n) is 0.564. The molecule has 1 heterocycles. The Kier molecular flexibility index (Phi) is 2.87. The average Bonchev–Trinajstić information content (AvgIpc) is 1.96. The SMILES string of the molecule is O=[N+]([O-])c1cc(Br)c(Cl)nc1Cl. The van der Waals surface area contributed by atoms with Gasteiger partial charge in [-0.15, -0.1) is 0 Å². The second kappa shape index (κ2) is 3.55. The number of hydrogen-bond acceptors (Lipinski definition) is 3. The number of hydrogen-bond donors (Lipinski definition) is 0. The quantitative estimate of drug-likeness (QED) is 0.448. The summed E-state index contributed by atoms with van der Waals surface area (Å²) in [6.07, 6.45) is 0. The van der Waals surface area contributed by atoms with Gasteiger partial charge in [-0.25, -0.2) is 4.98 Å². The summed E-state index contributed by atoms with van der Waals surface area (Å²) in [7, 11) is 0. The van der Waals surface area contributed by atoms with Crippen molar-refractivity contribution in [2.24, 2.45) is 0 Å². The Balaban J connectivity index is 3.33. The number of nitrogens with zero attached hydrogens (tertiary/aromatic N) is 2. The normalized spacial score (nSPS) is 9.92. The van der Waals surface area contributed by atoms with Gasteiger partial charge in [0.05, 0.1) is 9.40 Å². The van der Waals surface area contributed by atoms with Gasteiger partial charge in [-0.1, -0.05) is 23.2 Å². The van der Waals surface area contributed by atoms with Crippen LogP contribution < -0.4 is 0 Å². The largest absolute Gasteiger partial charge is 0.307 e. The minimum absolute atomic E-state index is 0.102. The van der Waals surface area contributed by atoms with E-state index in [-0.39, 0.29) is 16.0 Å². The third kappa shape index (κ3) is 1.85. The fourth-order valence-corrected chi connectivity index (χ4v) is 1.26. The molecule has 0 saturated carbocycles. The van der Waals surface area contributed by atoms with Crippen molar-refractivity contribution in [3.8, 4) is 0 Å². The molecule has 1 rings (SSSR count). The van der Waals surface area contributed by atoms with Crippen LogP contribution in [0.1, 0.15) is 0 Å². The van der Waals surface area contributed by atoms with Gasteiger partial charge in [-0.2, -0.15) is 0 Å². The van der Waals surface area contributed by atoms with Gasteiger partial charge < -0.3 is 0 Å². The van der Waals surface area contributed by atoms with Gasteiger partial charge >= 0.3 is 5.69 Å². The molecular weight excluding hydrogens is 271 g/mol. The van der Waals surface area contributed by atoms with E-state index in [0.29, 0.717) is 4.47 Å². The standard InChI is InChI=1S/C5HBrCl2N2O2/c6-2-1-3(10(11)12)5(8)9-4(2)7/h1H. The first-order valence-corrected chi connectivity index (χ1v) is 4.23. The van der Waals surface area contributed by atoms with Crippen molar-refractivity contribution in [3.05, 3.63) is 31.0 Å². The lowest BCUT2D eigenvalue weighted by Crippen LogP contribution is -1.91. The lowest BCUT2D eigenvalue weighted by Gasteiger charge is -1.96. The predicted molar refractivity (Wildman–Crippen MR) is 48.6 cm³/mol. The topological polar surface area (TPSA) is 56.0 Å². The molecule has 0 aromatic carbocycles. The molecule has 4 nitrogen and oxygen atoms in total. The summed E-state index contributed by atoms with van der Waals surface area (Å²) in [5.74, 6) is 0. The van der Waals surface area contributed by atoms with E-state index in [0.717, 1.165) is 0 Å². The summed E-state index contributed by atoms with van der Waals surface area (Å²) >= 11 is 14.0. The number of halogens is 3. The van der Waals surface area contributed by atoms with Crippen molar-refractivity contribution < 1.29 is 4.92 Å². The van der Waals surface area contributed by atoms with Crippen LogP contribution in [0, 0.1) is 10.1 Å². The highest BCUT2D eigenvalue weighted by Crippen LogP contribution is 2.30. The summed E-state index contributed by atoms with van der Waals surface area (Å²) < 4.78 is 0.347. The van der Waals surface area contributed by atoms with E-state index in [1.54, 1.807) is 0 Å². The lowest BCUT2D eigenvalue weighted by molar-refractivity contribution is -0.385. The van der Waals surface area contributed by atoms with Crippen LogP contribution in [0.2, 0.25) is 10.3 Å². The van der Waals surface area contributed by atoms with Crippen molar-refractivity contribution in [2.45, 2.75) is 0 Å². The monoisotopic (exact) mass is 270 g/mol. The van der Waals surface area contributed by atoms with Crippen LogP contribution in [0.3, 0.4) is 0 Å². The van der Waals surface area contributed by atoms with Crippen LogP contribution in [-0.4, -0.2) is 9.91 Å². The number of pyridine rings is 1. The third-order valence-electron chi connectivity index (χ3n) is 1.06. The zero-order chi connectivity index (χ0) is 9.30. The third-order valence-corrected chi connectivity index (χ3v) is 2.46. The molecule has 0 fully saturated rings. The second-order valence-corrected chi connectivity index (χ2v) is 3.40. The van der Waals surface area contributed by atoms with E-state index in [1.165, 1.54) is 6.07 Å². The summed E-state index contributed by atoms with van der Waals surface area (Å²) in [4.78, 5) is 13.2. The first-order chi connectivity index (χ1) is 5.52. The van der Waals surface area contributed by atoms with Crippen LogP contribution in [0.5, 0.6) is 0 Å². The molecule has 0 radical (unpaired) electrons. The summed E-state index contributed by atoms with van der Waals surface area (Å²) in [6, 6.07) is 1.21. The smallest absolute Gasteiger partial charge is 0.258 e. The zero-order valence-electron chi connectivity index (χ0n) is 5.42. The highest BCUT2D eigenvalue weighted by Gasteiger charge is 2.16. The summed E-state index contributed by atoms with van der Waals surface area (Å²) in [6.45, 7) is 0. The van der Waals surface area contributed by atoms with Crippen molar-refractivity contribution in [1.29, 1.82) is 0 Å². The maximum atomic E-state index is 10.3. The lowest BCUT2D eigenvalue weighted by atomic mass is 10.4. The Hall–Kier alpha value is -0.390. The van der Waals surface area contributed by atoms with Crippen molar-refractivity contribution >= 4 is 44.8 Å². The molecule has 64 valence electrons. The Labute approximate surface area is 85.8 Å². The molecule has 0 amide bonds. The molecule has 0 saturated heterocycles. The van der Waals surface area contributed by atoms with Gasteiger partial charge in [0.25, 0.3) is 0 Å². The average molecular weight is 272 g/mol. The Morgan fingerprint density at radius 2 is 2.08 bits per heavy atom. The molecule has 1 aromatic rings. The maximum absolute atomic E-state index is 10.3. The zero-order valence-corrected chi connectivity index (χ0v) is 8.52. The van der Waals surface area contributed by atoms with Gasteiger partial charge in [0.15, 0.2) is 0 Å². The van der Waals surface area contributed by atoms with E-state index >= 15 is 0 Å². The highest BCUT2D eigenvalue weighted by molar-refractivity contribution is 9.10. The molecule has 0 aliphatic rings. The molecule has 7 heteroatoms. The van der Waals surface area contributed by atoms with Crippen LogP contribution in [0.4, 0.5) is 5.69 Å². The number of nitro groups is 1. The fraction of sp³-hybridized carbons (Fsp3) is 0. The molecule has 12 heavy (non-hydrogen) atoms. The van der Waals surface area contributed by atoms with Crippen LogP contribution >= 0.6 is 39.1 Å². The highest BCUT2D eigenvalue weighted by atomic mass is 79.9. The first-order valence-electron chi connectivity index (χ1n) is 2.68. The Morgan fingerprint density at radius 3 is 2.58 bits per heavy atom. The van der Waals surface area contributed by atoms with E-state index in [9.17, 15) is 10.1 Å². The first kappa shape index (κ1) is 9.70. The van der Waals surface area contributed by atoms with Gasteiger partial charge in [0.1, 0.15) is 5.15 Å². The molecule has 0 bridgehead atoms.